The summed E-state index contributed by atoms with van der Waals surface area (Å²) in [6.45, 7) is 2.88. The van der Waals surface area contributed by atoms with Crippen LogP contribution in [0.4, 0.5) is 0 Å². The van der Waals surface area contributed by atoms with Gasteiger partial charge in [0.05, 0.1) is 19.2 Å². The van der Waals surface area contributed by atoms with Crippen molar-refractivity contribution in [2.75, 3.05) is 13.7 Å². The van der Waals surface area contributed by atoms with Crippen LogP contribution in [0.25, 0.3) is 10.2 Å². The van der Waals surface area contributed by atoms with E-state index in [2.05, 4.69) is 6.92 Å². The monoisotopic (exact) mass is 441 g/mol. The summed E-state index contributed by atoms with van der Waals surface area (Å²) < 4.78 is 8.42. The van der Waals surface area contributed by atoms with E-state index in [4.69, 9.17) is 4.74 Å². The molecule has 1 atom stereocenters. The summed E-state index contributed by atoms with van der Waals surface area (Å²) in [5.41, 5.74) is 0.526. The Morgan fingerprint density at radius 2 is 2.03 bits per heavy atom. The van der Waals surface area contributed by atoms with Crippen LogP contribution in [0.1, 0.15) is 38.2 Å². The van der Waals surface area contributed by atoms with Gasteiger partial charge in [0.1, 0.15) is 17.0 Å². The summed E-state index contributed by atoms with van der Waals surface area (Å²) >= 11 is 1.29. The number of methoxy groups -OCH3 is 1. The molecule has 1 aromatic carbocycles. The first-order valence-electron chi connectivity index (χ1n) is 10.7. The quantitative estimate of drug-likeness (QED) is 0.589. The minimum atomic E-state index is -0.461. The maximum absolute atomic E-state index is 13.4. The fourth-order valence-corrected chi connectivity index (χ4v) is 5.20. The zero-order chi connectivity index (χ0) is 22.0. The second-order valence-electron chi connectivity index (χ2n) is 7.89. The van der Waals surface area contributed by atoms with Gasteiger partial charge >= 0.3 is 5.69 Å². The number of fused-ring (bicyclic) bond motifs is 1. The zero-order valence-electron chi connectivity index (χ0n) is 17.9. The Labute approximate surface area is 184 Å². The topological polar surface area (TPSA) is 73.5 Å². The van der Waals surface area contributed by atoms with Gasteiger partial charge < -0.3 is 9.64 Å². The molecule has 1 amide bonds. The van der Waals surface area contributed by atoms with Gasteiger partial charge in [0.15, 0.2) is 0 Å². The highest BCUT2D eigenvalue weighted by Crippen LogP contribution is 2.21. The largest absolute Gasteiger partial charge is 0.497 e. The first kappa shape index (κ1) is 21.4. The Hall–Kier alpha value is -2.87. The number of carbonyl (C=O) groups excluding carboxylic acids is 1. The first-order chi connectivity index (χ1) is 15.0. The summed E-state index contributed by atoms with van der Waals surface area (Å²) in [6.07, 6.45) is 4.02. The maximum atomic E-state index is 13.4. The van der Waals surface area contributed by atoms with E-state index in [1.165, 1.54) is 20.5 Å². The van der Waals surface area contributed by atoms with Crippen molar-refractivity contribution in [1.29, 1.82) is 0 Å². The number of piperidine rings is 1. The molecule has 8 heteroatoms. The van der Waals surface area contributed by atoms with E-state index in [1.54, 1.807) is 24.6 Å². The summed E-state index contributed by atoms with van der Waals surface area (Å²) in [7, 11) is 1.58. The van der Waals surface area contributed by atoms with Gasteiger partial charge in [-0.1, -0.05) is 19.1 Å². The molecule has 1 aliphatic rings. The number of rotatable bonds is 6. The van der Waals surface area contributed by atoms with Crippen LogP contribution in [0.3, 0.4) is 0 Å². The molecule has 164 valence electrons. The van der Waals surface area contributed by atoms with E-state index in [1.807, 2.05) is 23.1 Å². The SMILES string of the molecule is CCC1CCCCN1C(=O)Cn1c(=O)n(Cc2cccc(OC)c2)c(=O)c2sccc21. The first-order valence-corrected chi connectivity index (χ1v) is 11.5. The maximum Gasteiger partial charge on any atom is 0.332 e. The summed E-state index contributed by atoms with van der Waals surface area (Å²) in [5, 5.41) is 1.79. The van der Waals surface area contributed by atoms with Crippen molar-refractivity contribution < 1.29 is 9.53 Å². The van der Waals surface area contributed by atoms with Crippen LogP contribution in [0.15, 0.2) is 45.3 Å². The number of amides is 1. The van der Waals surface area contributed by atoms with Crippen molar-refractivity contribution in [3.63, 3.8) is 0 Å². The fourth-order valence-electron chi connectivity index (χ4n) is 4.36. The molecule has 0 aliphatic carbocycles. The minimum absolute atomic E-state index is 0.0546. The molecule has 4 rings (SSSR count). The molecular weight excluding hydrogens is 414 g/mol. The van der Waals surface area contributed by atoms with Crippen molar-refractivity contribution in [2.24, 2.45) is 0 Å². The molecule has 0 saturated carbocycles. The van der Waals surface area contributed by atoms with Crippen molar-refractivity contribution in [2.45, 2.75) is 51.7 Å². The van der Waals surface area contributed by atoms with E-state index in [0.29, 0.717) is 16.0 Å². The highest BCUT2D eigenvalue weighted by Gasteiger charge is 2.26. The number of carbonyl (C=O) groups is 1. The van der Waals surface area contributed by atoms with Crippen LogP contribution in [0.2, 0.25) is 0 Å². The number of hydrogen-bond acceptors (Lipinski definition) is 5. The van der Waals surface area contributed by atoms with Crippen molar-refractivity contribution in [3.8, 4) is 5.75 Å². The Bertz CT molecular complexity index is 1210. The van der Waals surface area contributed by atoms with Gasteiger partial charge in [-0.05, 0) is 54.8 Å². The second kappa shape index (κ2) is 9.09. The second-order valence-corrected chi connectivity index (χ2v) is 8.81. The van der Waals surface area contributed by atoms with Gasteiger partial charge in [-0.2, -0.15) is 0 Å². The number of benzene rings is 1. The smallest absolute Gasteiger partial charge is 0.332 e. The van der Waals surface area contributed by atoms with Crippen LogP contribution in [-0.4, -0.2) is 39.6 Å². The lowest BCUT2D eigenvalue weighted by molar-refractivity contribution is -0.135. The molecule has 1 aliphatic heterocycles. The molecular formula is C23H27N3O4S. The van der Waals surface area contributed by atoms with E-state index in [0.717, 1.165) is 37.8 Å². The van der Waals surface area contributed by atoms with E-state index in [-0.39, 0.29) is 30.6 Å². The number of nitrogens with zero attached hydrogens (tertiary/aromatic N) is 3. The number of thiophene rings is 1. The summed E-state index contributed by atoms with van der Waals surface area (Å²) in [6, 6.07) is 9.26. The summed E-state index contributed by atoms with van der Waals surface area (Å²) in [5.74, 6) is 0.599. The van der Waals surface area contributed by atoms with Gasteiger partial charge in [0, 0.05) is 12.6 Å². The average molecular weight is 442 g/mol. The third kappa shape index (κ3) is 4.17. The van der Waals surface area contributed by atoms with Gasteiger partial charge in [0.2, 0.25) is 5.91 Å². The van der Waals surface area contributed by atoms with Crippen LogP contribution in [0.5, 0.6) is 5.75 Å². The van der Waals surface area contributed by atoms with Crippen LogP contribution in [0, 0.1) is 0 Å². The van der Waals surface area contributed by atoms with Crippen LogP contribution in [-0.2, 0) is 17.9 Å². The molecule has 0 spiro atoms. The minimum Gasteiger partial charge on any atom is -0.497 e. The molecule has 31 heavy (non-hydrogen) atoms. The van der Waals surface area contributed by atoms with E-state index in [9.17, 15) is 14.4 Å². The fraction of sp³-hybridized carbons (Fsp3) is 0.435. The van der Waals surface area contributed by atoms with Crippen molar-refractivity contribution in [1.82, 2.24) is 14.0 Å². The number of hydrogen-bond donors (Lipinski definition) is 0. The molecule has 2 aromatic heterocycles. The van der Waals surface area contributed by atoms with Crippen LogP contribution < -0.4 is 16.0 Å². The lowest BCUT2D eigenvalue weighted by atomic mass is 10.00. The Balaban J connectivity index is 1.73. The predicted octanol–water partition coefficient (Wildman–Crippen LogP) is 3.07. The average Bonchev–Trinajstić information content (AvgIpc) is 3.29. The molecule has 1 saturated heterocycles. The highest BCUT2D eigenvalue weighted by atomic mass is 32.1. The Morgan fingerprint density at radius 3 is 2.81 bits per heavy atom. The van der Waals surface area contributed by atoms with E-state index >= 15 is 0 Å². The van der Waals surface area contributed by atoms with Crippen molar-refractivity contribution >= 4 is 27.5 Å². The predicted molar refractivity (Wildman–Crippen MR) is 122 cm³/mol. The molecule has 1 fully saturated rings. The standard InChI is InChI=1S/C23H27N3O4S/c1-3-17-8-4-5-11-24(17)20(27)15-25-19-10-12-31-21(19)22(28)26(23(25)29)14-16-7-6-9-18(13-16)30-2/h6-7,9-10,12-13,17H,3-5,8,11,14-15H2,1-2H3. The normalized spacial score (nSPS) is 16.6. The van der Waals surface area contributed by atoms with Gasteiger partial charge in [-0.3, -0.25) is 18.7 Å². The highest BCUT2D eigenvalue weighted by molar-refractivity contribution is 7.17. The van der Waals surface area contributed by atoms with Gasteiger partial charge in [-0.25, -0.2) is 4.79 Å². The molecule has 0 N–H and O–H groups in total. The summed E-state index contributed by atoms with van der Waals surface area (Å²) in [4.78, 5) is 41.5. The molecule has 7 nitrogen and oxygen atoms in total. The number of ether oxygens (including phenoxy) is 1. The molecule has 3 heterocycles. The van der Waals surface area contributed by atoms with E-state index < -0.39 is 5.69 Å². The number of aromatic nitrogens is 2. The third-order valence-electron chi connectivity index (χ3n) is 6.02. The Morgan fingerprint density at radius 1 is 1.19 bits per heavy atom. The molecule has 0 bridgehead atoms. The number of likely N-dealkylation sites (tertiary alicyclic amines) is 1. The lowest BCUT2D eigenvalue weighted by Gasteiger charge is -2.35. The molecule has 0 radical (unpaired) electrons. The van der Waals surface area contributed by atoms with Crippen molar-refractivity contribution in [3.05, 3.63) is 62.1 Å². The lowest BCUT2D eigenvalue weighted by Crippen LogP contribution is -2.47. The third-order valence-corrected chi connectivity index (χ3v) is 6.92. The van der Waals surface area contributed by atoms with Crippen LogP contribution >= 0.6 is 11.3 Å². The zero-order valence-corrected chi connectivity index (χ0v) is 18.7. The Kier molecular flexibility index (Phi) is 6.27. The van der Waals surface area contributed by atoms with Gasteiger partial charge in [0.25, 0.3) is 5.56 Å². The molecule has 1 unspecified atom stereocenters. The van der Waals surface area contributed by atoms with Gasteiger partial charge in [-0.15, -0.1) is 11.3 Å². The molecule has 3 aromatic rings.